The lowest BCUT2D eigenvalue weighted by molar-refractivity contribution is 0.483. The van der Waals surface area contributed by atoms with E-state index in [4.69, 9.17) is 5.73 Å². The zero-order valence-electron chi connectivity index (χ0n) is 10.7. The Bertz CT molecular complexity index is 596. The molecule has 0 saturated carbocycles. The summed E-state index contributed by atoms with van der Waals surface area (Å²) in [5, 5.41) is 2.76. The van der Waals surface area contributed by atoms with Crippen molar-refractivity contribution in [1.82, 2.24) is 0 Å². The van der Waals surface area contributed by atoms with E-state index in [9.17, 15) is 0 Å². The molecule has 0 saturated heterocycles. The average Bonchev–Trinajstić information content (AvgIpc) is 2.49. The first-order valence-corrected chi connectivity index (χ1v) is 6.29. The monoisotopic (exact) mass is 225 g/mol. The van der Waals surface area contributed by atoms with Crippen LogP contribution in [0.15, 0.2) is 30.3 Å². The molecule has 0 unspecified atom stereocenters. The summed E-state index contributed by atoms with van der Waals surface area (Å²) < 4.78 is 0. The predicted molar refractivity (Wildman–Crippen MR) is 73.3 cm³/mol. The van der Waals surface area contributed by atoms with E-state index in [0.29, 0.717) is 0 Å². The summed E-state index contributed by atoms with van der Waals surface area (Å²) in [4.78, 5) is 0. The molecule has 0 bridgehead atoms. The molecule has 1 aliphatic carbocycles. The van der Waals surface area contributed by atoms with Crippen LogP contribution < -0.4 is 5.73 Å². The Kier molecular flexibility index (Phi) is 2.11. The molecule has 1 nitrogen and oxygen atoms in total. The second-order valence-electron chi connectivity index (χ2n) is 5.90. The van der Waals surface area contributed by atoms with Gasteiger partial charge in [-0.1, -0.05) is 44.2 Å². The van der Waals surface area contributed by atoms with Gasteiger partial charge in [0.2, 0.25) is 0 Å². The second-order valence-corrected chi connectivity index (χ2v) is 5.90. The van der Waals surface area contributed by atoms with E-state index in [1.165, 1.54) is 27.5 Å². The van der Waals surface area contributed by atoms with Gasteiger partial charge in [-0.2, -0.15) is 0 Å². The van der Waals surface area contributed by atoms with Crippen molar-refractivity contribution in [3.05, 3.63) is 47.0 Å². The molecule has 2 aromatic carbocycles. The smallest absolute Gasteiger partial charge is 0.0306 e. The van der Waals surface area contributed by atoms with Crippen LogP contribution in [-0.2, 0) is 5.41 Å². The minimum absolute atomic E-state index is 0.196. The topological polar surface area (TPSA) is 26.0 Å². The van der Waals surface area contributed by atoms with E-state index in [1.807, 2.05) is 0 Å². The number of hydrogen-bond acceptors (Lipinski definition) is 1. The predicted octanol–water partition coefficient (Wildman–Crippen LogP) is 3.83. The average molecular weight is 225 g/mol. The van der Waals surface area contributed by atoms with Crippen molar-refractivity contribution in [2.75, 3.05) is 0 Å². The maximum atomic E-state index is 6.28. The first kappa shape index (κ1) is 10.8. The molecule has 0 radical (unpaired) electrons. The molecule has 1 heteroatoms. The summed E-state index contributed by atoms with van der Waals surface area (Å²) in [6.45, 7) is 6.79. The molecule has 2 N–H and O–H groups in total. The van der Waals surface area contributed by atoms with Gasteiger partial charge in [0.1, 0.15) is 0 Å². The summed E-state index contributed by atoms with van der Waals surface area (Å²) in [5.41, 5.74) is 10.6. The summed E-state index contributed by atoms with van der Waals surface area (Å²) in [5.74, 6) is 0. The van der Waals surface area contributed by atoms with Gasteiger partial charge in [0.15, 0.2) is 0 Å². The second kappa shape index (κ2) is 3.33. The maximum absolute atomic E-state index is 6.28. The van der Waals surface area contributed by atoms with Crippen molar-refractivity contribution in [3.8, 4) is 0 Å². The molecule has 2 aromatic rings. The zero-order chi connectivity index (χ0) is 12.2. The number of benzene rings is 2. The van der Waals surface area contributed by atoms with Crippen molar-refractivity contribution >= 4 is 10.8 Å². The normalized spacial score (nSPS) is 21.8. The van der Waals surface area contributed by atoms with Crippen molar-refractivity contribution < 1.29 is 0 Å². The Hall–Kier alpha value is -1.34. The van der Waals surface area contributed by atoms with Gasteiger partial charge in [-0.15, -0.1) is 0 Å². The van der Waals surface area contributed by atoms with Crippen LogP contribution in [0.25, 0.3) is 10.8 Å². The standard InChI is InChI=1S/C16H19N/c1-10-8-13-14(17)9-16(2,3)15(13)12-7-5-4-6-11(10)12/h4-8,14H,9,17H2,1-3H3/t14-/m0/s1. The van der Waals surface area contributed by atoms with Gasteiger partial charge >= 0.3 is 0 Å². The summed E-state index contributed by atoms with van der Waals surface area (Å²) in [6.07, 6.45) is 1.05. The Morgan fingerprint density at radius 2 is 1.82 bits per heavy atom. The molecule has 0 heterocycles. The molecular weight excluding hydrogens is 206 g/mol. The lowest BCUT2D eigenvalue weighted by Gasteiger charge is -2.21. The van der Waals surface area contributed by atoms with Crippen LogP contribution >= 0.6 is 0 Å². The van der Waals surface area contributed by atoms with Crippen LogP contribution in [0.3, 0.4) is 0 Å². The molecule has 3 rings (SSSR count). The molecular formula is C16H19N. The maximum Gasteiger partial charge on any atom is 0.0306 e. The number of aryl methyl sites for hydroxylation is 1. The van der Waals surface area contributed by atoms with Gasteiger partial charge in [0, 0.05) is 6.04 Å². The van der Waals surface area contributed by atoms with Gasteiger partial charge in [-0.25, -0.2) is 0 Å². The molecule has 0 aromatic heterocycles. The van der Waals surface area contributed by atoms with E-state index in [0.717, 1.165) is 6.42 Å². The fourth-order valence-corrected chi connectivity index (χ4v) is 3.39. The van der Waals surface area contributed by atoms with E-state index in [2.05, 4.69) is 51.1 Å². The SMILES string of the molecule is Cc1cc2c(c3ccccc13)C(C)(C)C[C@@H]2N. The van der Waals surface area contributed by atoms with Crippen LogP contribution in [0.1, 0.15) is 43.0 Å². The highest BCUT2D eigenvalue weighted by Gasteiger charge is 2.36. The van der Waals surface area contributed by atoms with Crippen molar-refractivity contribution in [2.24, 2.45) is 5.73 Å². The van der Waals surface area contributed by atoms with Gasteiger partial charge in [-0.05, 0) is 46.2 Å². The van der Waals surface area contributed by atoms with Crippen molar-refractivity contribution in [1.29, 1.82) is 0 Å². The highest BCUT2D eigenvalue weighted by Crippen LogP contribution is 2.47. The zero-order valence-corrected chi connectivity index (χ0v) is 10.7. The third-order valence-electron chi connectivity index (χ3n) is 4.09. The summed E-state index contributed by atoms with van der Waals surface area (Å²) >= 11 is 0. The van der Waals surface area contributed by atoms with Crippen LogP contribution in [0.2, 0.25) is 0 Å². The largest absolute Gasteiger partial charge is 0.324 e. The lowest BCUT2D eigenvalue weighted by Crippen LogP contribution is -2.14. The molecule has 1 atom stereocenters. The molecule has 0 spiro atoms. The molecule has 88 valence electrons. The van der Waals surface area contributed by atoms with Gasteiger partial charge < -0.3 is 5.73 Å². The number of rotatable bonds is 0. The highest BCUT2D eigenvalue weighted by molar-refractivity contribution is 5.91. The van der Waals surface area contributed by atoms with Gasteiger partial charge in [-0.3, -0.25) is 0 Å². The van der Waals surface area contributed by atoms with E-state index in [1.54, 1.807) is 0 Å². The van der Waals surface area contributed by atoms with E-state index >= 15 is 0 Å². The fourth-order valence-electron chi connectivity index (χ4n) is 3.39. The Labute approximate surface area is 103 Å². The van der Waals surface area contributed by atoms with E-state index in [-0.39, 0.29) is 11.5 Å². The first-order chi connectivity index (χ1) is 8.00. The number of hydrogen-bond donors (Lipinski definition) is 1. The van der Waals surface area contributed by atoms with Crippen molar-refractivity contribution in [2.45, 2.75) is 38.6 Å². The van der Waals surface area contributed by atoms with Crippen LogP contribution in [0.4, 0.5) is 0 Å². The van der Waals surface area contributed by atoms with Crippen LogP contribution in [0, 0.1) is 6.92 Å². The van der Waals surface area contributed by atoms with E-state index < -0.39 is 0 Å². The Balaban J connectivity index is 2.47. The first-order valence-electron chi connectivity index (χ1n) is 6.29. The van der Waals surface area contributed by atoms with Gasteiger partial charge in [0.05, 0.1) is 0 Å². The third-order valence-corrected chi connectivity index (χ3v) is 4.09. The summed E-state index contributed by atoms with van der Waals surface area (Å²) in [6, 6.07) is 11.2. The minimum atomic E-state index is 0.196. The van der Waals surface area contributed by atoms with Crippen LogP contribution in [-0.4, -0.2) is 0 Å². The molecule has 0 aliphatic heterocycles. The van der Waals surface area contributed by atoms with Crippen molar-refractivity contribution in [3.63, 3.8) is 0 Å². The molecule has 17 heavy (non-hydrogen) atoms. The van der Waals surface area contributed by atoms with Gasteiger partial charge in [0.25, 0.3) is 0 Å². The van der Waals surface area contributed by atoms with Crippen LogP contribution in [0.5, 0.6) is 0 Å². The molecule has 1 aliphatic rings. The molecule has 0 fully saturated rings. The minimum Gasteiger partial charge on any atom is -0.324 e. The Morgan fingerprint density at radius 1 is 1.18 bits per heavy atom. The lowest BCUT2D eigenvalue weighted by atomic mass is 9.83. The third kappa shape index (κ3) is 1.42. The fraction of sp³-hybridized carbons (Fsp3) is 0.375. The number of fused-ring (bicyclic) bond motifs is 3. The molecule has 0 amide bonds. The number of nitrogens with two attached hydrogens (primary N) is 1. The highest BCUT2D eigenvalue weighted by atomic mass is 14.7. The quantitative estimate of drug-likeness (QED) is 0.724. The Morgan fingerprint density at radius 3 is 2.53 bits per heavy atom. The summed E-state index contributed by atoms with van der Waals surface area (Å²) in [7, 11) is 0.